The maximum Gasteiger partial charge on any atom is 0.266 e. The van der Waals surface area contributed by atoms with Crippen LogP contribution in [-0.4, -0.2) is 76.5 Å². The Balaban J connectivity index is 1.35. The predicted octanol–water partition coefficient (Wildman–Crippen LogP) is 0.984. The van der Waals surface area contributed by atoms with E-state index in [1.54, 1.807) is 35.5 Å². The van der Waals surface area contributed by atoms with Crippen molar-refractivity contribution in [2.24, 2.45) is 0 Å². The Morgan fingerprint density at radius 3 is 2.47 bits per heavy atom. The number of pyridine rings is 1. The molecule has 0 unspecified atom stereocenters. The van der Waals surface area contributed by atoms with Crippen LogP contribution in [-0.2, 0) is 6.54 Å². The van der Waals surface area contributed by atoms with Crippen molar-refractivity contribution in [1.82, 2.24) is 29.6 Å². The lowest BCUT2D eigenvalue weighted by molar-refractivity contribution is 0.242. The molecule has 0 spiro atoms. The van der Waals surface area contributed by atoms with Gasteiger partial charge in [-0.05, 0) is 18.2 Å². The quantitative estimate of drug-likeness (QED) is 0.599. The molecule has 0 bridgehead atoms. The summed E-state index contributed by atoms with van der Waals surface area (Å²) < 4.78 is 1.55. The molecule has 0 amide bonds. The fourth-order valence-electron chi connectivity index (χ4n) is 3.48. The lowest BCUT2D eigenvalue weighted by Crippen LogP contribution is -2.48. The molecule has 9 nitrogen and oxygen atoms in total. The van der Waals surface area contributed by atoms with E-state index in [9.17, 15) is 4.79 Å². The van der Waals surface area contributed by atoms with Crippen LogP contribution in [0.5, 0.6) is 0 Å². The molecule has 1 saturated heterocycles. The molecule has 0 aliphatic carbocycles. The fourth-order valence-corrected chi connectivity index (χ4v) is 3.48. The fraction of sp³-hybridized carbons (Fsp3) is 0.381. The van der Waals surface area contributed by atoms with Crippen LogP contribution in [0.2, 0.25) is 0 Å². The Bertz CT molecular complexity index is 1030. The van der Waals surface area contributed by atoms with E-state index in [0.717, 1.165) is 55.6 Å². The van der Waals surface area contributed by atoms with Crippen LogP contribution in [0.15, 0.2) is 53.8 Å². The van der Waals surface area contributed by atoms with Crippen LogP contribution in [0.4, 0.5) is 11.6 Å². The summed E-state index contributed by atoms with van der Waals surface area (Å²) in [5, 5.41) is 4.53. The second-order valence-electron chi connectivity index (χ2n) is 7.47. The molecule has 4 heterocycles. The minimum Gasteiger partial charge on any atom is -0.363 e. The first-order valence-corrected chi connectivity index (χ1v) is 10.1. The number of aromatic nitrogens is 5. The monoisotopic (exact) mass is 406 g/mol. The van der Waals surface area contributed by atoms with Gasteiger partial charge in [-0.25, -0.2) is 14.6 Å². The molecule has 3 aromatic heterocycles. The second-order valence-corrected chi connectivity index (χ2v) is 7.47. The standard InChI is InChI=1S/C21H26N8O/c1-26(2)19-15-20(24-16-23-19)28-12-9-27(10-13-28)11-14-29-21(30)4-3-18(25-29)17-5-7-22-8-6-17/h3-8,15-16H,9-14H2,1-2H3. The van der Waals surface area contributed by atoms with Crippen LogP contribution in [0.25, 0.3) is 11.3 Å². The van der Waals surface area contributed by atoms with Gasteiger partial charge in [0.1, 0.15) is 18.0 Å². The summed E-state index contributed by atoms with van der Waals surface area (Å²) in [5.41, 5.74) is 1.65. The zero-order valence-electron chi connectivity index (χ0n) is 17.3. The van der Waals surface area contributed by atoms with Crippen molar-refractivity contribution in [3.8, 4) is 11.3 Å². The minimum atomic E-state index is -0.0800. The molecular weight excluding hydrogens is 380 g/mol. The summed E-state index contributed by atoms with van der Waals surface area (Å²) in [4.78, 5) is 31.6. The van der Waals surface area contributed by atoms with E-state index in [1.807, 2.05) is 37.2 Å². The van der Waals surface area contributed by atoms with Gasteiger partial charge < -0.3 is 9.80 Å². The van der Waals surface area contributed by atoms with Gasteiger partial charge in [0, 0.05) is 76.9 Å². The summed E-state index contributed by atoms with van der Waals surface area (Å²) in [6.07, 6.45) is 5.07. The molecule has 9 heteroatoms. The number of hydrogen-bond acceptors (Lipinski definition) is 8. The predicted molar refractivity (Wildman–Crippen MR) is 117 cm³/mol. The third-order valence-corrected chi connectivity index (χ3v) is 5.26. The number of anilines is 2. The molecule has 30 heavy (non-hydrogen) atoms. The third kappa shape index (κ3) is 4.62. The van der Waals surface area contributed by atoms with Crippen molar-refractivity contribution in [3.05, 3.63) is 59.4 Å². The Hall–Kier alpha value is -3.33. The van der Waals surface area contributed by atoms with Gasteiger partial charge in [0.15, 0.2) is 0 Å². The molecule has 0 N–H and O–H groups in total. The summed E-state index contributed by atoms with van der Waals surface area (Å²) >= 11 is 0. The Kier molecular flexibility index (Phi) is 5.99. The maximum absolute atomic E-state index is 12.2. The van der Waals surface area contributed by atoms with Crippen LogP contribution < -0.4 is 15.4 Å². The van der Waals surface area contributed by atoms with Gasteiger partial charge in [-0.1, -0.05) is 0 Å². The van der Waals surface area contributed by atoms with E-state index in [2.05, 4.69) is 29.9 Å². The molecule has 0 saturated carbocycles. The number of hydrogen-bond donors (Lipinski definition) is 0. The van der Waals surface area contributed by atoms with Gasteiger partial charge in [-0.3, -0.25) is 14.7 Å². The third-order valence-electron chi connectivity index (χ3n) is 5.26. The van der Waals surface area contributed by atoms with Gasteiger partial charge >= 0.3 is 0 Å². The highest BCUT2D eigenvalue weighted by Crippen LogP contribution is 2.17. The van der Waals surface area contributed by atoms with Gasteiger partial charge in [0.25, 0.3) is 5.56 Å². The van der Waals surface area contributed by atoms with Crippen LogP contribution in [0, 0.1) is 0 Å². The summed E-state index contributed by atoms with van der Waals surface area (Å²) in [7, 11) is 3.95. The SMILES string of the molecule is CN(C)c1cc(N2CCN(CCn3nc(-c4ccncc4)ccc3=O)CC2)ncn1. The zero-order chi connectivity index (χ0) is 20.9. The first-order chi connectivity index (χ1) is 14.6. The van der Waals surface area contributed by atoms with Crippen molar-refractivity contribution >= 4 is 11.6 Å². The van der Waals surface area contributed by atoms with Crippen molar-refractivity contribution in [2.45, 2.75) is 6.54 Å². The molecule has 1 fully saturated rings. The van der Waals surface area contributed by atoms with Crippen molar-refractivity contribution in [1.29, 1.82) is 0 Å². The molecule has 3 aromatic rings. The second kappa shape index (κ2) is 9.00. The molecule has 1 aliphatic heterocycles. The van der Waals surface area contributed by atoms with Crippen LogP contribution in [0.1, 0.15) is 0 Å². The maximum atomic E-state index is 12.2. The average Bonchev–Trinajstić information content (AvgIpc) is 2.79. The minimum absolute atomic E-state index is 0.0800. The Labute approximate surface area is 175 Å². The molecule has 4 rings (SSSR count). The van der Waals surface area contributed by atoms with Crippen LogP contribution >= 0.6 is 0 Å². The molecule has 0 aromatic carbocycles. The van der Waals surface area contributed by atoms with Crippen molar-refractivity contribution in [2.75, 3.05) is 56.6 Å². The summed E-state index contributed by atoms with van der Waals surface area (Å²) in [6, 6.07) is 9.15. The van der Waals surface area contributed by atoms with Crippen molar-refractivity contribution in [3.63, 3.8) is 0 Å². The summed E-state index contributed by atoms with van der Waals surface area (Å²) in [5.74, 6) is 1.86. The topological polar surface area (TPSA) is 83.3 Å². The summed E-state index contributed by atoms with van der Waals surface area (Å²) in [6.45, 7) is 4.97. The first kappa shape index (κ1) is 20.0. The number of rotatable bonds is 6. The molecule has 156 valence electrons. The lowest BCUT2D eigenvalue weighted by Gasteiger charge is -2.35. The molecule has 0 radical (unpaired) electrons. The highest BCUT2D eigenvalue weighted by Gasteiger charge is 2.19. The van der Waals surface area contributed by atoms with E-state index in [-0.39, 0.29) is 5.56 Å². The van der Waals surface area contributed by atoms with Gasteiger partial charge in [-0.15, -0.1) is 0 Å². The normalized spacial score (nSPS) is 14.7. The van der Waals surface area contributed by atoms with Gasteiger partial charge in [0.2, 0.25) is 0 Å². The molecule has 0 atom stereocenters. The van der Waals surface area contributed by atoms with Crippen molar-refractivity contribution < 1.29 is 0 Å². The number of piperazine rings is 1. The molecular formula is C21H26N8O. The van der Waals surface area contributed by atoms with E-state index in [0.29, 0.717) is 6.54 Å². The van der Waals surface area contributed by atoms with E-state index < -0.39 is 0 Å². The Morgan fingerprint density at radius 1 is 0.967 bits per heavy atom. The molecule has 1 aliphatic rings. The van der Waals surface area contributed by atoms with E-state index in [4.69, 9.17) is 0 Å². The van der Waals surface area contributed by atoms with E-state index in [1.165, 1.54) is 0 Å². The average molecular weight is 406 g/mol. The first-order valence-electron chi connectivity index (χ1n) is 10.1. The van der Waals surface area contributed by atoms with Gasteiger partial charge in [0.05, 0.1) is 12.2 Å². The smallest absolute Gasteiger partial charge is 0.266 e. The van der Waals surface area contributed by atoms with Crippen LogP contribution in [0.3, 0.4) is 0 Å². The highest BCUT2D eigenvalue weighted by atomic mass is 16.1. The lowest BCUT2D eigenvalue weighted by atomic mass is 10.2. The largest absolute Gasteiger partial charge is 0.363 e. The Morgan fingerprint density at radius 2 is 1.73 bits per heavy atom. The zero-order valence-corrected chi connectivity index (χ0v) is 17.3. The van der Waals surface area contributed by atoms with E-state index >= 15 is 0 Å². The highest BCUT2D eigenvalue weighted by molar-refractivity contribution is 5.57. The van der Waals surface area contributed by atoms with Gasteiger partial charge in [-0.2, -0.15) is 5.10 Å². The number of nitrogens with zero attached hydrogens (tertiary/aromatic N) is 8.